The van der Waals surface area contributed by atoms with E-state index in [4.69, 9.17) is 37.4 Å². The van der Waals surface area contributed by atoms with Crippen LogP contribution in [0, 0.1) is 0 Å². The number of anilines is 1. The number of methoxy groups -OCH3 is 3. The van der Waals surface area contributed by atoms with Gasteiger partial charge in [-0.25, -0.2) is 10.2 Å². The van der Waals surface area contributed by atoms with Crippen LogP contribution in [0.2, 0.25) is 10.0 Å². The molecule has 2 heterocycles. The third kappa shape index (κ3) is 4.87. The lowest BCUT2D eigenvalue weighted by Crippen LogP contribution is -2.39. The molecule has 1 N–H and O–H groups in total. The lowest BCUT2D eigenvalue weighted by molar-refractivity contribution is 0.324. The summed E-state index contributed by atoms with van der Waals surface area (Å²) in [5.74, 6) is 1.67. The van der Waals surface area contributed by atoms with Crippen molar-refractivity contribution in [3.63, 3.8) is 0 Å². The molecule has 0 saturated heterocycles. The molecular weight excluding hydrogens is 523 g/mol. The molecule has 194 valence electrons. The van der Waals surface area contributed by atoms with Crippen LogP contribution in [0.15, 0.2) is 45.0 Å². The fourth-order valence-corrected chi connectivity index (χ4v) is 4.16. The Morgan fingerprint density at radius 1 is 0.973 bits per heavy atom. The fraction of sp³-hybridized carbons (Fsp3) is 0.250. The van der Waals surface area contributed by atoms with Crippen molar-refractivity contribution in [3.8, 4) is 17.2 Å². The van der Waals surface area contributed by atoms with E-state index in [1.54, 1.807) is 44.4 Å². The minimum atomic E-state index is -0.519. The van der Waals surface area contributed by atoms with Crippen LogP contribution in [0.25, 0.3) is 11.2 Å². The minimum Gasteiger partial charge on any atom is -0.493 e. The summed E-state index contributed by atoms with van der Waals surface area (Å²) in [6.45, 7) is 0.0194. The highest BCUT2D eigenvalue weighted by Gasteiger charge is 2.19. The predicted octanol–water partition coefficient (Wildman–Crippen LogP) is 3.26. The Labute approximate surface area is 221 Å². The van der Waals surface area contributed by atoms with Crippen LogP contribution in [0.3, 0.4) is 0 Å². The van der Waals surface area contributed by atoms with Gasteiger partial charge in [-0.15, -0.1) is 0 Å². The lowest BCUT2D eigenvalue weighted by Gasteiger charge is -2.12. The quantitative estimate of drug-likeness (QED) is 0.266. The molecule has 4 rings (SSSR count). The molecule has 0 bridgehead atoms. The molecular formula is C24H24Cl2N6O5. The fourth-order valence-electron chi connectivity index (χ4n) is 3.84. The minimum absolute atomic E-state index is 0.0194. The van der Waals surface area contributed by atoms with E-state index in [1.165, 1.54) is 36.7 Å². The molecule has 2 aromatic carbocycles. The largest absolute Gasteiger partial charge is 0.493 e. The second kappa shape index (κ2) is 10.6. The maximum atomic E-state index is 13.3. The first-order valence-corrected chi connectivity index (χ1v) is 11.6. The summed E-state index contributed by atoms with van der Waals surface area (Å²) in [6, 6.07) is 8.40. The molecule has 0 saturated carbocycles. The monoisotopic (exact) mass is 546 g/mol. The molecule has 0 radical (unpaired) electrons. The van der Waals surface area contributed by atoms with Gasteiger partial charge < -0.3 is 18.8 Å². The highest BCUT2D eigenvalue weighted by atomic mass is 35.5. The number of aryl methyl sites for hydroxylation is 2. The van der Waals surface area contributed by atoms with Gasteiger partial charge in [0.25, 0.3) is 5.56 Å². The average Bonchev–Trinajstić information content (AvgIpc) is 3.22. The molecule has 0 aliphatic heterocycles. The van der Waals surface area contributed by atoms with Crippen LogP contribution in [-0.2, 0) is 20.6 Å². The van der Waals surface area contributed by atoms with Crippen molar-refractivity contribution in [1.82, 2.24) is 18.7 Å². The van der Waals surface area contributed by atoms with Crippen LogP contribution in [0.4, 0.5) is 5.95 Å². The van der Waals surface area contributed by atoms with Crippen LogP contribution in [0.5, 0.6) is 17.2 Å². The van der Waals surface area contributed by atoms with Crippen molar-refractivity contribution in [2.45, 2.75) is 6.54 Å². The summed E-state index contributed by atoms with van der Waals surface area (Å²) in [6.07, 6.45) is 1.53. The SMILES string of the molecule is COc1cc(/C=N\Nc2nc3c(c(=O)n(Cc4ccc(Cl)c(Cl)c4)c(=O)n3C)n2C)cc(OC)c1OC. The van der Waals surface area contributed by atoms with E-state index in [0.717, 1.165) is 4.57 Å². The predicted molar refractivity (Wildman–Crippen MR) is 143 cm³/mol. The van der Waals surface area contributed by atoms with Crippen molar-refractivity contribution >= 4 is 46.5 Å². The Morgan fingerprint density at radius 2 is 1.65 bits per heavy atom. The number of hydrogen-bond acceptors (Lipinski definition) is 8. The van der Waals surface area contributed by atoms with Crippen LogP contribution >= 0.6 is 23.2 Å². The molecule has 0 atom stereocenters. The van der Waals surface area contributed by atoms with Gasteiger partial charge >= 0.3 is 5.69 Å². The molecule has 0 amide bonds. The zero-order valence-electron chi connectivity index (χ0n) is 20.7. The van der Waals surface area contributed by atoms with E-state index in [2.05, 4.69) is 15.5 Å². The number of benzene rings is 2. The molecule has 0 aliphatic rings. The number of imidazole rings is 1. The molecule has 37 heavy (non-hydrogen) atoms. The molecule has 0 spiro atoms. The molecule has 0 unspecified atom stereocenters. The van der Waals surface area contributed by atoms with Gasteiger partial charge in [0.1, 0.15) is 0 Å². The van der Waals surface area contributed by atoms with Gasteiger partial charge in [-0.05, 0) is 29.8 Å². The van der Waals surface area contributed by atoms with Crippen molar-refractivity contribution in [3.05, 3.63) is 72.3 Å². The highest BCUT2D eigenvalue weighted by molar-refractivity contribution is 6.42. The molecule has 11 nitrogen and oxygen atoms in total. The molecule has 13 heteroatoms. The lowest BCUT2D eigenvalue weighted by atomic mass is 10.2. The summed E-state index contributed by atoms with van der Waals surface area (Å²) in [7, 11) is 7.77. The number of hydrogen-bond donors (Lipinski definition) is 1. The molecule has 0 aliphatic carbocycles. The summed E-state index contributed by atoms with van der Waals surface area (Å²) in [5, 5.41) is 4.95. The van der Waals surface area contributed by atoms with Gasteiger partial charge in [0, 0.05) is 19.7 Å². The number of fused-ring (bicyclic) bond motifs is 1. The Hall–Kier alpha value is -3.96. The first kappa shape index (κ1) is 26.1. The highest BCUT2D eigenvalue weighted by Crippen LogP contribution is 2.37. The maximum absolute atomic E-state index is 13.3. The van der Waals surface area contributed by atoms with Crippen molar-refractivity contribution < 1.29 is 14.2 Å². The van der Waals surface area contributed by atoms with Gasteiger partial charge in [-0.1, -0.05) is 29.3 Å². The normalized spacial score (nSPS) is 11.3. The number of nitrogens with zero attached hydrogens (tertiary/aromatic N) is 5. The number of halogens is 2. The number of nitrogens with one attached hydrogen (secondary N) is 1. The van der Waals surface area contributed by atoms with E-state index >= 15 is 0 Å². The first-order valence-electron chi connectivity index (χ1n) is 10.9. The summed E-state index contributed by atoms with van der Waals surface area (Å²) >= 11 is 12.1. The second-order valence-corrected chi connectivity index (χ2v) is 8.79. The smallest absolute Gasteiger partial charge is 0.332 e. The standard InChI is InChI=1S/C24H24Cl2N6O5/c1-30-19-21(31(2)24(34)32(22(19)33)12-13-6-7-15(25)16(26)8-13)28-23(30)29-27-11-14-9-17(35-3)20(37-5)18(10-14)36-4/h6-11H,12H2,1-5H3,(H,28,29)/b27-11-. The molecule has 2 aromatic heterocycles. The number of rotatable bonds is 8. The van der Waals surface area contributed by atoms with Crippen LogP contribution < -0.4 is 30.9 Å². The summed E-state index contributed by atoms with van der Waals surface area (Å²) < 4.78 is 20.0. The molecule has 0 fully saturated rings. The maximum Gasteiger partial charge on any atom is 0.332 e. The van der Waals surface area contributed by atoms with Gasteiger partial charge in [0.2, 0.25) is 11.7 Å². The Morgan fingerprint density at radius 3 is 2.24 bits per heavy atom. The van der Waals surface area contributed by atoms with E-state index in [1.807, 2.05) is 0 Å². The number of hydrazone groups is 1. The van der Waals surface area contributed by atoms with Crippen molar-refractivity contribution in [1.29, 1.82) is 0 Å². The average molecular weight is 547 g/mol. The topological polar surface area (TPSA) is 114 Å². The Bertz CT molecular complexity index is 1610. The third-order valence-corrected chi connectivity index (χ3v) is 6.49. The van der Waals surface area contributed by atoms with Crippen molar-refractivity contribution in [2.24, 2.45) is 19.2 Å². The van der Waals surface area contributed by atoms with Gasteiger partial charge in [0.15, 0.2) is 22.7 Å². The second-order valence-electron chi connectivity index (χ2n) is 7.98. The van der Waals surface area contributed by atoms with E-state index in [-0.39, 0.29) is 23.7 Å². The van der Waals surface area contributed by atoms with Gasteiger partial charge in [-0.2, -0.15) is 10.1 Å². The zero-order chi connectivity index (χ0) is 26.9. The summed E-state index contributed by atoms with van der Waals surface area (Å²) in [5.41, 5.74) is 3.57. The summed E-state index contributed by atoms with van der Waals surface area (Å²) in [4.78, 5) is 30.7. The van der Waals surface area contributed by atoms with E-state index in [9.17, 15) is 9.59 Å². The zero-order valence-corrected chi connectivity index (χ0v) is 22.2. The van der Waals surface area contributed by atoms with Crippen LogP contribution in [0.1, 0.15) is 11.1 Å². The van der Waals surface area contributed by atoms with Crippen LogP contribution in [-0.4, -0.2) is 46.2 Å². The molecule has 4 aromatic rings. The first-order chi connectivity index (χ1) is 17.7. The van der Waals surface area contributed by atoms with Gasteiger partial charge in [0.05, 0.1) is 44.1 Å². The van der Waals surface area contributed by atoms with Gasteiger partial charge in [-0.3, -0.25) is 13.9 Å². The van der Waals surface area contributed by atoms with E-state index < -0.39 is 11.2 Å². The third-order valence-electron chi connectivity index (χ3n) is 5.75. The Balaban J connectivity index is 1.69. The Kier molecular flexibility index (Phi) is 7.46. The van der Waals surface area contributed by atoms with Crippen molar-refractivity contribution in [2.75, 3.05) is 26.8 Å². The number of aromatic nitrogens is 4. The van der Waals surface area contributed by atoms with E-state index in [0.29, 0.717) is 38.4 Å². The number of ether oxygens (including phenoxy) is 3.